The fourth-order valence-electron chi connectivity index (χ4n) is 4.01. The molecule has 0 aliphatic rings. The SMILES string of the molecule is CC(O)CC[C@H](NC(=O)c1cnc(-c2ccc(F)cc2)s1)C(=O)N[C@@H](CCc1ccc(F)cc1)C(=O)c1nccs1. The molecule has 2 aromatic heterocycles. The Bertz CT molecular complexity index is 1460. The van der Waals surface area contributed by atoms with Crippen molar-refractivity contribution in [3.05, 3.63) is 93.4 Å². The molecule has 3 atom stereocenters. The predicted octanol–water partition coefficient (Wildman–Crippen LogP) is 4.80. The first kappa shape index (κ1) is 30.1. The van der Waals surface area contributed by atoms with Gasteiger partial charge in [-0.15, -0.1) is 22.7 Å². The van der Waals surface area contributed by atoms with E-state index in [2.05, 4.69) is 20.6 Å². The van der Waals surface area contributed by atoms with Gasteiger partial charge in [-0.2, -0.15) is 0 Å². The minimum atomic E-state index is -1.05. The Morgan fingerprint density at radius 1 is 0.902 bits per heavy atom. The van der Waals surface area contributed by atoms with Gasteiger partial charge in [0.05, 0.1) is 18.3 Å². The van der Waals surface area contributed by atoms with E-state index in [1.165, 1.54) is 36.7 Å². The molecule has 0 saturated carbocycles. The quantitative estimate of drug-likeness (QED) is 0.190. The van der Waals surface area contributed by atoms with E-state index in [9.17, 15) is 28.3 Å². The van der Waals surface area contributed by atoms with Gasteiger partial charge in [0.1, 0.15) is 27.6 Å². The smallest absolute Gasteiger partial charge is 0.263 e. The number of amides is 2. The average Bonchev–Trinajstić information content (AvgIpc) is 3.67. The number of halogens is 2. The Morgan fingerprint density at radius 2 is 1.59 bits per heavy atom. The highest BCUT2D eigenvalue weighted by molar-refractivity contribution is 7.16. The first-order chi connectivity index (χ1) is 19.7. The zero-order valence-electron chi connectivity index (χ0n) is 22.1. The van der Waals surface area contributed by atoms with Gasteiger partial charge in [-0.25, -0.2) is 18.7 Å². The first-order valence-electron chi connectivity index (χ1n) is 12.9. The lowest BCUT2D eigenvalue weighted by molar-refractivity contribution is -0.123. The monoisotopic (exact) mass is 598 g/mol. The number of carbonyl (C=O) groups excluding carboxylic acids is 3. The van der Waals surface area contributed by atoms with Gasteiger partial charge in [0, 0.05) is 17.1 Å². The van der Waals surface area contributed by atoms with E-state index in [0.29, 0.717) is 17.0 Å². The van der Waals surface area contributed by atoms with Crippen LogP contribution in [0.5, 0.6) is 0 Å². The number of thiazole rings is 2. The lowest BCUT2D eigenvalue weighted by Gasteiger charge is -2.23. The molecule has 0 fully saturated rings. The van der Waals surface area contributed by atoms with Crippen LogP contribution in [-0.2, 0) is 11.2 Å². The molecule has 12 heteroatoms. The van der Waals surface area contributed by atoms with Crippen LogP contribution in [0.2, 0.25) is 0 Å². The van der Waals surface area contributed by atoms with Crippen molar-refractivity contribution in [1.29, 1.82) is 0 Å². The highest BCUT2D eigenvalue weighted by Gasteiger charge is 2.29. The van der Waals surface area contributed by atoms with Crippen molar-refractivity contribution in [3.8, 4) is 10.6 Å². The molecule has 214 valence electrons. The zero-order valence-corrected chi connectivity index (χ0v) is 23.7. The molecule has 0 radical (unpaired) electrons. The number of hydrogen-bond acceptors (Lipinski definition) is 8. The third-order valence-electron chi connectivity index (χ3n) is 6.23. The molecule has 0 aliphatic carbocycles. The number of carbonyl (C=O) groups is 3. The fourth-order valence-corrected chi connectivity index (χ4v) is 5.46. The van der Waals surface area contributed by atoms with E-state index < -0.39 is 30.0 Å². The van der Waals surface area contributed by atoms with Gasteiger partial charge in [0.15, 0.2) is 5.01 Å². The number of ketones is 1. The van der Waals surface area contributed by atoms with E-state index in [1.807, 2.05) is 0 Å². The number of aryl methyl sites for hydroxylation is 1. The van der Waals surface area contributed by atoms with E-state index in [0.717, 1.165) is 28.2 Å². The van der Waals surface area contributed by atoms with Gasteiger partial charge in [-0.3, -0.25) is 14.4 Å². The van der Waals surface area contributed by atoms with Crippen molar-refractivity contribution >= 4 is 40.3 Å². The molecule has 2 amide bonds. The maximum Gasteiger partial charge on any atom is 0.263 e. The molecule has 0 spiro atoms. The number of aromatic nitrogens is 2. The Labute approximate surface area is 243 Å². The maximum absolute atomic E-state index is 13.4. The molecule has 0 aliphatic heterocycles. The lowest BCUT2D eigenvalue weighted by atomic mass is 10.0. The van der Waals surface area contributed by atoms with E-state index in [1.54, 1.807) is 36.6 Å². The van der Waals surface area contributed by atoms with Crippen LogP contribution in [0.25, 0.3) is 10.6 Å². The van der Waals surface area contributed by atoms with Gasteiger partial charge >= 0.3 is 0 Å². The van der Waals surface area contributed by atoms with Gasteiger partial charge in [-0.05, 0) is 74.6 Å². The second-order valence-electron chi connectivity index (χ2n) is 9.42. The van der Waals surface area contributed by atoms with Gasteiger partial charge in [-0.1, -0.05) is 12.1 Å². The molecule has 41 heavy (non-hydrogen) atoms. The van der Waals surface area contributed by atoms with Crippen molar-refractivity contribution in [1.82, 2.24) is 20.6 Å². The molecule has 4 rings (SSSR count). The van der Waals surface area contributed by atoms with Crippen LogP contribution in [-0.4, -0.2) is 50.9 Å². The average molecular weight is 599 g/mol. The number of nitrogens with zero attached hydrogens (tertiary/aromatic N) is 2. The maximum atomic E-state index is 13.4. The first-order valence-corrected chi connectivity index (χ1v) is 14.6. The van der Waals surface area contributed by atoms with Gasteiger partial charge < -0.3 is 15.7 Å². The number of benzene rings is 2. The molecule has 8 nitrogen and oxygen atoms in total. The van der Waals surface area contributed by atoms with E-state index in [-0.39, 0.29) is 46.6 Å². The summed E-state index contributed by atoms with van der Waals surface area (Å²) < 4.78 is 26.6. The number of nitrogens with one attached hydrogen (secondary N) is 2. The standard InChI is InChI=1S/C29H28F2N4O4S2/c1-17(36)2-12-23(35-27(39)24-16-33-28(41-24)19-6-10-21(31)11-7-19)26(38)34-22(25(37)29-32-14-15-40-29)13-5-18-3-8-20(30)9-4-18/h3-4,6-11,14-17,22-23,36H,2,5,12-13H2,1H3,(H,34,38)(H,35,39)/t17?,22-,23-/m0/s1. The Hall–Kier alpha value is -3.87. The van der Waals surface area contributed by atoms with Crippen LogP contribution in [0.1, 0.15) is 51.2 Å². The Morgan fingerprint density at radius 3 is 2.22 bits per heavy atom. The summed E-state index contributed by atoms with van der Waals surface area (Å²) in [7, 11) is 0. The summed E-state index contributed by atoms with van der Waals surface area (Å²) in [6.45, 7) is 1.58. The minimum Gasteiger partial charge on any atom is -0.393 e. The molecule has 0 bridgehead atoms. The summed E-state index contributed by atoms with van der Waals surface area (Å²) in [6, 6.07) is 9.59. The van der Waals surface area contributed by atoms with Crippen molar-refractivity contribution < 1.29 is 28.3 Å². The summed E-state index contributed by atoms with van der Waals surface area (Å²) >= 11 is 2.24. The normalized spacial score (nSPS) is 13.3. The van der Waals surface area contributed by atoms with Crippen molar-refractivity contribution in [2.75, 3.05) is 0 Å². The third-order valence-corrected chi connectivity index (χ3v) is 8.06. The third kappa shape index (κ3) is 8.56. The topological polar surface area (TPSA) is 121 Å². The van der Waals surface area contributed by atoms with Crippen molar-refractivity contribution in [3.63, 3.8) is 0 Å². The molecular weight excluding hydrogens is 570 g/mol. The summed E-state index contributed by atoms with van der Waals surface area (Å²) in [5.74, 6) is -2.27. The molecule has 4 aromatic rings. The molecule has 2 aromatic carbocycles. The minimum absolute atomic E-state index is 0.120. The second-order valence-corrected chi connectivity index (χ2v) is 11.3. The zero-order chi connectivity index (χ0) is 29.4. The lowest BCUT2D eigenvalue weighted by Crippen LogP contribution is -2.51. The number of aliphatic hydroxyl groups excluding tert-OH is 1. The highest BCUT2D eigenvalue weighted by atomic mass is 32.1. The largest absolute Gasteiger partial charge is 0.393 e. The second kappa shape index (κ2) is 14.2. The molecule has 2 heterocycles. The fraction of sp³-hybridized carbons (Fsp3) is 0.276. The Kier molecular flexibility index (Phi) is 10.4. The van der Waals surface area contributed by atoms with Crippen molar-refractivity contribution in [2.24, 2.45) is 0 Å². The van der Waals surface area contributed by atoms with Crippen LogP contribution in [0, 0.1) is 11.6 Å². The van der Waals surface area contributed by atoms with E-state index in [4.69, 9.17) is 0 Å². The number of Topliss-reactive ketones (excluding diaryl/α,β-unsaturated/α-hetero) is 1. The van der Waals surface area contributed by atoms with E-state index >= 15 is 0 Å². The van der Waals surface area contributed by atoms with Gasteiger partial charge in [0.25, 0.3) is 5.91 Å². The van der Waals surface area contributed by atoms with Crippen LogP contribution in [0.15, 0.2) is 66.3 Å². The van der Waals surface area contributed by atoms with Crippen LogP contribution < -0.4 is 10.6 Å². The van der Waals surface area contributed by atoms with Crippen LogP contribution in [0.4, 0.5) is 8.78 Å². The summed E-state index contributed by atoms with van der Waals surface area (Å²) in [4.78, 5) is 48.3. The van der Waals surface area contributed by atoms with Crippen molar-refractivity contribution in [2.45, 2.75) is 50.8 Å². The van der Waals surface area contributed by atoms with Gasteiger partial charge in [0.2, 0.25) is 11.7 Å². The number of aliphatic hydroxyl groups is 1. The van der Waals surface area contributed by atoms with Crippen LogP contribution >= 0.6 is 22.7 Å². The highest BCUT2D eigenvalue weighted by Crippen LogP contribution is 2.25. The summed E-state index contributed by atoms with van der Waals surface area (Å²) in [5, 5.41) is 17.7. The predicted molar refractivity (Wildman–Crippen MR) is 153 cm³/mol. The molecule has 1 unspecified atom stereocenters. The Balaban J connectivity index is 1.49. The molecule has 0 saturated heterocycles. The molecular formula is C29H28F2N4O4S2. The molecule has 3 N–H and O–H groups in total. The summed E-state index contributed by atoms with van der Waals surface area (Å²) in [6.07, 6.45) is 3.11. The van der Waals surface area contributed by atoms with Crippen LogP contribution in [0.3, 0.4) is 0 Å². The number of hydrogen-bond donors (Lipinski definition) is 3. The number of rotatable bonds is 13. The summed E-state index contributed by atoms with van der Waals surface area (Å²) in [5.41, 5.74) is 1.43.